The van der Waals surface area contributed by atoms with Crippen molar-refractivity contribution in [1.82, 2.24) is 4.98 Å². The van der Waals surface area contributed by atoms with Crippen LogP contribution < -0.4 is 9.80 Å². The highest BCUT2D eigenvalue weighted by Crippen LogP contribution is 2.38. The Hall–Kier alpha value is -5.93. The van der Waals surface area contributed by atoms with Crippen LogP contribution in [0.5, 0.6) is 0 Å². The topological polar surface area (TPSA) is 19.4 Å². The third kappa shape index (κ3) is 8.45. The summed E-state index contributed by atoms with van der Waals surface area (Å²) < 4.78 is 0. The van der Waals surface area contributed by atoms with Gasteiger partial charge in [-0.1, -0.05) is 133 Å². The Kier molecular flexibility index (Phi) is 10.7. The van der Waals surface area contributed by atoms with E-state index in [0.29, 0.717) is 0 Å². The van der Waals surface area contributed by atoms with Gasteiger partial charge < -0.3 is 9.80 Å². The zero-order valence-electron chi connectivity index (χ0n) is 29.6. The van der Waals surface area contributed by atoms with E-state index >= 15 is 0 Å². The summed E-state index contributed by atoms with van der Waals surface area (Å²) in [5.74, 6) is 0.0736. The lowest BCUT2D eigenvalue weighted by Crippen LogP contribution is -2.22. The van der Waals surface area contributed by atoms with E-state index in [1.54, 1.807) is 0 Å². The minimum Gasteiger partial charge on any atom is -0.363 e. The van der Waals surface area contributed by atoms with Crippen molar-refractivity contribution in [3.05, 3.63) is 232 Å². The van der Waals surface area contributed by atoms with Crippen molar-refractivity contribution in [1.29, 1.82) is 0 Å². The summed E-state index contributed by atoms with van der Waals surface area (Å²) in [4.78, 5) is 9.35. The Balaban J connectivity index is 1.24. The number of pyridine rings is 1. The van der Waals surface area contributed by atoms with E-state index in [9.17, 15) is 0 Å². The van der Waals surface area contributed by atoms with E-state index in [-0.39, 0.29) is 5.92 Å². The van der Waals surface area contributed by atoms with Crippen LogP contribution in [0.1, 0.15) is 56.0 Å². The van der Waals surface area contributed by atoms with Gasteiger partial charge in [-0.05, 0) is 100 Å². The predicted molar refractivity (Wildman–Crippen MR) is 213 cm³/mol. The third-order valence-corrected chi connectivity index (χ3v) is 9.76. The molecule has 1 aromatic heterocycles. The fourth-order valence-corrected chi connectivity index (χ4v) is 7.14. The van der Waals surface area contributed by atoms with Crippen molar-refractivity contribution >= 4 is 11.4 Å². The van der Waals surface area contributed by atoms with Gasteiger partial charge in [-0.3, -0.25) is 4.98 Å². The first-order valence-electron chi connectivity index (χ1n) is 17.9. The van der Waals surface area contributed by atoms with Crippen LogP contribution in [0, 0.1) is 13.8 Å². The number of hydrogen-bond donors (Lipinski definition) is 0. The second-order valence-electron chi connectivity index (χ2n) is 13.4. The maximum absolute atomic E-state index is 4.38. The minimum absolute atomic E-state index is 0.0736. The van der Waals surface area contributed by atoms with Crippen LogP contribution in [0.4, 0.5) is 11.4 Å². The van der Waals surface area contributed by atoms with Crippen LogP contribution in [-0.2, 0) is 26.2 Å². The van der Waals surface area contributed by atoms with Gasteiger partial charge in [0.15, 0.2) is 0 Å². The molecule has 0 amide bonds. The molecule has 51 heavy (non-hydrogen) atoms. The lowest BCUT2D eigenvalue weighted by Gasteiger charge is -2.29. The zero-order valence-corrected chi connectivity index (χ0v) is 29.6. The van der Waals surface area contributed by atoms with Gasteiger partial charge in [-0.15, -0.1) is 0 Å². The normalized spacial score (nSPS) is 11.0. The maximum atomic E-state index is 4.38. The van der Waals surface area contributed by atoms with Gasteiger partial charge in [0.1, 0.15) is 0 Å². The fraction of sp³-hybridized carbons (Fsp3) is 0.146. The van der Waals surface area contributed by atoms with Crippen molar-refractivity contribution in [3.63, 3.8) is 0 Å². The highest BCUT2D eigenvalue weighted by molar-refractivity contribution is 5.59. The summed E-state index contributed by atoms with van der Waals surface area (Å²) in [7, 11) is 0. The molecule has 7 aromatic rings. The summed E-state index contributed by atoms with van der Waals surface area (Å²) in [5.41, 5.74) is 14.1. The van der Waals surface area contributed by atoms with Gasteiger partial charge in [-0.2, -0.15) is 0 Å². The Morgan fingerprint density at radius 1 is 0.412 bits per heavy atom. The molecule has 0 aliphatic rings. The van der Waals surface area contributed by atoms with E-state index in [1.807, 2.05) is 12.4 Å². The molecule has 7 rings (SSSR count). The Morgan fingerprint density at radius 2 is 0.745 bits per heavy atom. The number of aromatic nitrogens is 1. The smallest absolute Gasteiger partial charge is 0.0433 e. The highest BCUT2D eigenvalue weighted by atomic mass is 15.1. The van der Waals surface area contributed by atoms with Crippen molar-refractivity contribution < 1.29 is 0 Å². The van der Waals surface area contributed by atoms with Crippen molar-refractivity contribution in [2.75, 3.05) is 9.80 Å². The monoisotopic (exact) mass is 663 g/mol. The molecule has 0 unspecified atom stereocenters. The number of benzene rings is 6. The number of nitrogens with zero attached hydrogens (tertiary/aromatic N) is 3. The summed E-state index contributed by atoms with van der Waals surface area (Å²) in [5, 5.41) is 0. The first-order chi connectivity index (χ1) is 25.1. The highest BCUT2D eigenvalue weighted by Gasteiger charge is 2.23. The maximum Gasteiger partial charge on any atom is 0.0433 e. The van der Waals surface area contributed by atoms with Crippen molar-refractivity contribution in [2.24, 2.45) is 0 Å². The van der Waals surface area contributed by atoms with Crippen molar-refractivity contribution in [3.8, 4) is 0 Å². The largest absolute Gasteiger partial charge is 0.363 e. The van der Waals surface area contributed by atoms with Crippen LogP contribution in [0.2, 0.25) is 0 Å². The van der Waals surface area contributed by atoms with Gasteiger partial charge in [0.25, 0.3) is 0 Å². The van der Waals surface area contributed by atoms with Crippen LogP contribution in [0.15, 0.2) is 182 Å². The first kappa shape index (κ1) is 33.6. The molecule has 252 valence electrons. The van der Waals surface area contributed by atoms with E-state index in [0.717, 1.165) is 26.2 Å². The van der Waals surface area contributed by atoms with Crippen LogP contribution in [-0.4, -0.2) is 4.98 Å². The lowest BCUT2D eigenvalue weighted by atomic mass is 9.81. The summed E-state index contributed by atoms with van der Waals surface area (Å²) in [6.45, 7) is 7.89. The zero-order chi connectivity index (χ0) is 34.8. The van der Waals surface area contributed by atoms with Gasteiger partial charge in [0, 0.05) is 55.9 Å². The second-order valence-corrected chi connectivity index (χ2v) is 13.4. The molecular formula is C48H45N3. The van der Waals surface area contributed by atoms with E-state index < -0.39 is 0 Å². The molecule has 0 radical (unpaired) electrons. The molecule has 0 bridgehead atoms. The molecule has 3 heteroatoms. The van der Waals surface area contributed by atoms with Gasteiger partial charge in [0.2, 0.25) is 0 Å². The van der Waals surface area contributed by atoms with Gasteiger partial charge in [-0.25, -0.2) is 0 Å². The molecule has 0 aliphatic carbocycles. The van der Waals surface area contributed by atoms with Crippen molar-refractivity contribution in [2.45, 2.75) is 45.9 Å². The number of hydrogen-bond acceptors (Lipinski definition) is 3. The molecule has 6 aromatic carbocycles. The summed E-state index contributed by atoms with van der Waals surface area (Å²) in [6, 6.07) is 61.5. The summed E-state index contributed by atoms with van der Waals surface area (Å²) >= 11 is 0. The Morgan fingerprint density at radius 3 is 1.06 bits per heavy atom. The van der Waals surface area contributed by atoms with Gasteiger partial charge >= 0.3 is 0 Å². The molecule has 3 nitrogen and oxygen atoms in total. The first-order valence-corrected chi connectivity index (χ1v) is 17.9. The molecule has 0 N–H and O–H groups in total. The van der Waals surface area contributed by atoms with Crippen LogP contribution in [0.25, 0.3) is 0 Å². The summed E-state index contributed by atoms with van der Waals surface area (Å²) in [6.07, 6.45) is 3.83. The predicted octanol–water partition coefficient (Wildman–Crippen LogP) is 11.3. The third-order valence-electron chi connectivity index (χ3n) is 9.76. The Bertz CT molecular complexity index is 1900. The van der Waals surface area contributed by atoms with Gasteiger partial charge in [0.05, 0.1) is 0 Å². The van der Waals surface area contributed by atoms with Crippen LogP contribution >= 0.6 is 0 Å². The van der Waals surface area contributed by atoms with E-state index in [4.69, 9.17) is 0 Å². The SMILES string of the molecule is Cc1cc(N(Cc2ccccc2)Cc2ccccc2)ccc1C(c1ccncc1)c1ccc(N(Cc2ccccc2)Cc2ccccc2)cc1C. The average Bonchev–Trinajstić information content (AvgIpc) is 3.18. The molecule has 0 atom stereocenters. The van der Waals surface area contributed by atoms with E-state index in [2.05, 4.69) is 198 Å². The molecule has 0 fully saturated rings. The molecular weight excluding hydrogens is 619 g/mol. The number of aryl methyl sites for hydroxylation is 2. The molecule has 0 saturated carbocycles. The quantitative estimate of drug-likeness (QED) is 0.122. The lowest BCUT2D eigenvalue weighted by molar-refractivity contribution is 0.797. The minimum atomic E-state index is 0.0736. The Labute approximate surface area is 303 Å². The van der Waals surface area contributed by atoms with E-state index in [1.165, 1.54) is 61.4 Å². The molecule has 1 heterocycles. The fourth-order valence-electron chi connectivity index (χ4n) is 7.14. The average molecular weight is 664 g/mol. The molecule has 0 saturated heterocycles. The van der Waals surface area contributed by atoms with Crippen LogP contribution in [0.3, 0.4) is 0 Å². The second kappa shape index (κ2) is 16.2. The standard InChI is InChI=1S/C48H45N3/c1-37-31-44(50(33-39-15-7-3-8-16-39)34-40-17-9-4-10-18-40)23-25-46(37)48(43-27-29-49-30-28-43)47-26-24-45(32-38(47)2)51(35-41-19-11-5-12-20-41)36-42-21-13-6-14-22-42/h3-32,48H,33-36H2,1-2H3. The number of anilines is 2. The number of rotatable bonds is 13. The molecule has 0 aliphatic heterocycles. The molecule has 0 spiro atoms.